The average molecular weight is 910 g/mol. The lowest BCUT2D eigenvalue weighted by Gasteiger charge is -2.33. The average Bonchev–Trinajstić information content (AvgIpc) is 3.84. The highest BCUT2D eigenvalue weighted by Crippen LogP contribution is 2.33. The smallest absolute Gasteiger partial charge is 0.253 e. The maximum absolute atomic E-state index is 12.7. The normalized spacial score (nSPS) is 14.6. The Morgan fingerprint density at radius 2 is 1.15 bits per heavy atom. The molecule has 2 fully saturated rings. The standard InChI is InChI=1S/C24H20Cl2N4OS.C21H17Cl2N5O/c25-19-4-1-3-18(22(19)26)24(31)29-16-8-10-30(11-9-16)23-17-7-6-15(21-5-2-12-32-21)13-20(17)27-14-28-23;22-17-3-1-2-16(19(17)23)21(29)27-14-6-8-28(9-7-14)20-15-5-4-13(11-24)10-18(15)25-12-26-20/h1-7,12-14,16H,8-11H2,(H,29,31);1-5,10,12,14H,6-9H2,(H,27,29). The summed E-state index contributed by atoms with van der Waals surface area (Å²) in [6.45, 7) is 3.10. The number of aromatic nitrogens is 4. The van der Waals surface area contributed by atoms with E-state index in [4.69, 9.17) is 51.7 Å². The number of thiophene rings is 1. The second-order valence-electron chi connectivity index (χ2n) is 14.6. The number of anilines is 2. The second-order valence-corrected chi connectivity index (χ2v) is 17.1. The van der Waals surface area contributed by atoms with Gasteiger partial charge in [0.1, 0.15) is 24.3 Å². The van der Waals surface area contributed by atoms with Gasteiger partial charge < -0.3 is 20.4 Å². The Labute approximate surface area is 376 Å². The molecule has 5 heterocycles. The van der Waals surface area contributed by atoms with Crippen LogP contribution in [-0.2, 0) is 0 Å². The van der Waals surface area contributed by atoms with E-state index in [0.29, 0.717) is 31.8 Å². The molecule has 3 aromatic heterocycles. The zero-order valence-corrected chi connectivity index (χ0v) is 36.3. The molecule has 16 heteroatoms. The first kappa shape index (κ1) is 42.2. The molecule has 0 spiro atoms. The Bertz CT molecular complexity index is 2770. The van der Waals surface area contributed by atoms with Crippen molar-refractivity contribution in [1.82, 2.24) is 30.6 Å². The lowest BCUT2D eigenvalue weighted by atomic mass is 10.0. The molecule has 4 aromatic carbocycles. The minimum Gasteiger partial charge on any atom is -0.356 e. The molecule has 11 nitrogen and oxygen atoms in total. The van der Waals surface area contributed by atoms with Crippen molar-refractivity contribution in [1.29, 1.82) is 5.26 Å². The highest BCUT2D eigenvalue weighted by molar-refractivity contribution is 7.13. The Morgan fingerprint density at radius 3 is 1.64 bits per heavy atom. The minimum absolute atomic E-state index is 0.0482. The first-order valence-corrected chi connectivity index (χ1v) is 22.0. The van der Waals surface area contributed by atoms with Crippen LogP contribution in [0.3, 0.4) is 0 Å². The van der Waals surface area contributed by atoms with Crippen LogP contribution in [0.15, 0.2) is 103 Å². The number of amides is 2. The van der Waals surface area contributed by atoms with E-state index in [1.54, 1.807) is 66.2 Å². The van der Waals surface area contributed by atoms with E-state index in [1.807, 2.05) is 6.07 Å². The number of halogens is 4. The number of piperidine rings is 2. The summed E-state index contributed by atoms with van der Waals surface area (Å²) < 4.78 is 0. The van der Waals surface area contributed by atoms with Gasteiger partial charge in [-0.3, -0.25) is 9.59 Å². The van der Waals surface area contributed by atoms with Crippen LogP contribution < -0.4 is 20.4 Å². The number of fused-ring (bicyclic) bond motifs is 2. The molecule has 0 bridgehead atoms. The fourth-order valence-electron chi connectivity index (χ4n) is 7.61. The number of carbonyl (C=O) groups is 2. The summed E-state index contributed by atoms with van der Waals surface area (Å²) in [7, 11) is 0. The second kappa shape index (κ2) is 19.0. The van der Waals surface area contributed by atoms with E-state index in [-0.39, 0.29) is 28.9 Å². The zero-order chi connectivity index (χ0) is 42.5. The van der Waals surface area contributed by atoms with E-state index in [2.05, 4.69) is 82.2 Å². The maximum Gasteiger partial charge on any atom is 0.253 e. The quantitative estimate of drug-likeness (QED) is 0.160. The Morgan fingerprint density at radius 1 is 0.639 bits per heavy atom. The van der Waals surface area contributed by atoms with Gasteiger partial charge in [0.15, 0.2) is 0 Å². The van der Waals surface area contributed by atoms with E-state index < -0.39 is 0 Å². The van der Waals surface area contributed by atoms with Crippen molar-refractivity contribution in [3.63, 3.8) is 0 Å². The van der Waals surface area contributed by atoms with Gasteiger partial charge in [-0.25, -0.2) is 19.9 Å². The molecule has 2 saturated heterocycles. The van der Waals surface area contributed by atoms with Crippen LogP contribution in [0.25, 0.3) is 32.2 Å². The van der Waals surface area contributed by atoms with Gasteiger partial charge in [0.25, 0.3) is 11.8 Å². The van der Waals surface area contributed by atoms with Gasteiger partial charge >= 0.3 is 0 Å². The van der Waals surface area contributed by atoms with Gasteiger partial charge in [0, 0.05) is 53.9 Å². The molecule has 7 aromatic rings. The lowest BCUT2D eigenvalue weighted by Crippen LogP contribution is -2.45. The predicted octanol–water partition coefficient (Wildman–Crippen LogP) is 10.3. The Hall–Kier alpha value is -5.55. The van der Waals surface area contributed by atoms with Crippen LogP contribution >= 0.6 is 57.7 Å². The van der Waals surface area contributed by atoms with Crippen molar-refractivity contribution < 1.29 is 9.59 Å². The molecule has 2 N–H and O–H groups in total. The minimum atomic E-state index is -0.215. The van der Waals surface area contributed by atoms with Gasteiger partial charge in [-0.05, 0) is 97.3 Å². The molecule has 0 saturated carbocycles. The first-order valence-electron chi connectivity index (χ1n) is 19.6. The van der Waals surface area contributed by atoms with Gasteiger partial charge in [0.05, 0.1) is 53.9 Å². The molecule has 61 heavy (non-hydrogen) atoms. The van der Waals surface area contributed by atoms with Crippen LogP contribution in [0.5, 0.6) is 0 Å². The van der Waals surface area contributed by atoms with Crippen molar-refractivity contribution in [3.05, 3.63) is 140 Å². The fourth-order valence-corrected chi connectivity index (χ4v) is 9.11. The zero-order valence-electron chi connectivity index (χ0n) is 32.5. The molecular weight excluding hydrogens is 872 g/mol. The fraction of sp³-hybridized carbons (Fsp3) is 0.222. The topological polar surface area (TPSA) is 140 Å². The third kappa shape index (κ3) is 9.52. The number of carbonyl (C=O) groups excluding carboxylic acids is 2. The molecular formula is C45H37Cl4N9O2S. The molecule has 2 aliphatic heterocycles. The number of rotatable bonds is 7. The van der Waals surface area contributed by atoms with Crippen LogP contribution in [0.4, 0.5) is 11.6 Å². The number of nitrogens with one attached hydrogen (secondary N) is 2. The number of benzene rings is 4. The summed E-state index contributed by atoms with van der Waals surface area (Å²) in [4.78, 5) is 48.7. The molecule has 0 radical (unpaired) electrons. The molecule has 9 rings (SSSR count). The number of nitrogens with zero attached hydrogens (tertiary/aromatic N) is 7. The van der Waals surface area contributed by atoms with E-state index in [9.17, 15) is 9.59 Å². The predicted molar refractivity (Wildman–Crippen MR) is 245 cm³/mol. The SMILES string of the molecule is N#Cc1ccc2c(N3CCC(NC(=O)c4cccc(Cl)c4Cl)CC3)ncnc2c1.O=C(NC1CCN(c2ncnc3cc(-c4cccs4)ccc23)CC1)c1cccc(Cl)c1Cl. The number of hydrogen-bond acceptors (Lipinski definition) is 10. The van der Waals surface area contributed by atoms with E-state index in [0.717, 1.165) is 85.3 Å². The number of hydrogen-bond donors (Lipinski definition) is 2. The van der Waals surface area contributed by atoms with Crippen molar-refractivity contribution in [2.24, 2.45) is 0 Å². The van der Waals surface area contributed by atoms with E-state index in [1.165, 1.54) is 16.8 Å². The van der Waals surface area contributed by atoms with E-state index >= 15 is 0 Å². The number of nitriles is 1. The largest absolute Gasteiger partial charge is 0.356 e. The van der Waals surface area contributed by atoms with Crippen LogP contribution in [0, 0.1) is 11.3 Å². The Balaban J connectivity index is 0.000000169. The molecule has 2 amide bonds. The summed E-state index contributed by atoms with van der Waals surface area (Å²) >= 11 is 26.1. The van der Waals surface area contributed by atoms with Crippen LogP contribution in [0.1, 0.15) is 52.0 Å². The summed E-state index contributed by atoms with van der Waals surface area (Å²) in [5.74, 6) is 1.38. The monoisotopic (exact) mass is 907 g/mol. The highest BCUT2D eigenvalue weighted by atomic mass is 35.5. The maximum atomic E-state index is 12.7. The molecule has 2 aliphatic rings. The summed E-state index contributed by atoms with van der Waals surface area (Å²) in [6.07, 6.45) is 6.36. The molecule has 308 valence electrons. The van der Waals surface area contributed by atoms with Crippen LogP contribution in [0.2, 0.25) is 20.1 Å². The van der Waals surface area contributed by atoms with Gasteiger partial charge in [-0.2, -0.15) is 5.26 Å². The van der Waals surface area contributed by atoms with Gasteiger partial charge in [-0.1, -0.05) is 70.7 Å². The van der Waals surface area contributed by atoms with Crippen molar-refractivity contribution in [2.45, 2.75) is 37.8 Å². The Kier molecular flexibility index (Phi) is 13.1. The summed E-state index contributed by atoms with van der Waals surface area (Å²) in [6, 6.07) is 28.3. The third-order valence-corrected chi connectivity index (χ3v) is 13.4. The molecule has 0 atom stereocenters. The van der Waals surface area contributed by atoms with Crippen molar-refractivity contribution in [3.8, 4) is 16.5 Å². The van der Waals surface area contributed by atoms with Gasteiger partial charge in [-0.15, -0.1) is 11.3 Å². The van der Waals surface area contributed by atoms with Crippen molar-refractivity contribution >= 4 is 103 Å². The summed E-state index contributed by atoms with van der Waals surface area (Å²) in [5, 5.41) is 20.6. The van der Waals surface area contributed by atoms with Gasteiger partial charge in [0.2, 0.25) is 0 Å². The lowest BCUT2D eigenvalue weighted by molar-refractivity contribution is 0.0922. The molecule has 0 unspecified atom stereocenters. The first-order chi connectivity index (χ1) is 29.7. The van der Waals surface area contributed by atoms with Crippen LogP contribution in [-0.4, -0.2) is 70.0 Å². The third-order valence-electron chi connectivity index (χ3n) is 10.8. The highest BCUT2D eigenvalue weighted by Gasteiger charge is 2.26. The molecule has 0 aliphatic carbocycles. The van der Waals surface area contributed by atoms with Crippen molar-refractivity contribution in [2.75, 3.05) is 36.0 Å². The summed E-state index contributed by atoms with van der Waals surface area (Å²) in [5.41, 5.74) is 4.22.